The standard InChI is InChI=1S/C20H34O2/c1-17(16(22)12-21)9-10-19(3)14(11-17)6-8-20-13-18(20,2)7-4-5-15(19)20/h14-16,21-22H,4-13H2,1-3H3/t14-,15+,16+,17-,18-,19-,20-/m0/s1. The Morgan fingerprint density at radius 2 is 1.82 bits per heavy atom. The fourth-order valence-corrected chi connectivity index (χ4v) is 7.53. The Morgan fingerprint density at radius 3 is 2.55 bits per heavy atom. The highest BCUT2D eigenvalue weighted by molar-refractivity contribution is 5.22. The van der Waals surface area contributed by atoms with Gasteiger partial charge in [-0.2, -0.15) is 0 Å². The summed E-state index contributed by atoms with van der Waals surface area (Å²) >= 11 is 0. The lowest BCUT2D eigenvalue weighted by Gasteiger charge is -2.60. The van der Waals surface area contributed by atoms with Crippen LogP contribution >= 0.6 is 0 Å². The van der Waals surface area contributed by atoms with E-state index in [1.165, 1.54) is 44.9 Å². The molecular formula is C20H34O2. The van der Waals surface area contributed by atoms with E-state index in [1.54, 1.807) is 0 Å². The van der Waals surface area contributed by atoms with Gasteiger partial charge >= 0.3 is 0 Å². The number of fused-ring (bicyclic) bond motifs is 2. The molecule has 0 amide bonds. The highest BCUT2D eigenvalue weighted by atomic mass is 16.3. The fraction of sp³-hybridized carbons (Fsp3) is 1.00. The Morgan fingerprint density at radius 1 is 1.05 bits per heavy atom. The summed E-state index contributed by atoms with van der Waals surface area (Å²) in [5.41, 5.74) is 1.77. The van der Waals surface area contributed by atoms with Crippen LogP contribution in [0, 0.1) is 33.5 Å². The van der Waals surface area contributed by atoms with Gasteiger partial charge in [-0.15, -0.1) is 0 Å². The van der Waals surface area contributed by atoms with Crippen LogP contribution in [-0.2, 0) is 0 Å². The zero-order chi connectivity index (χ0) is 15.8. The Balaban J connectivity index is 1.61. The number of aliphatic hydroxyl groups is 2. The van der Waals surface area contributed by atoms with Crippen molar-refractivity contribution >= 4 is 0 Å². The van der Waals surface area contributed by atoms with Crippen LogP contribution in [0.3, 0.4) is 0 Å². The summed E-state index contributed by atoms with van der Waals surface area (Å²) in [6.07, 6.45) is 11.5. The minimum atomic E-state index is -0.537. The molecule has 7 atom stereocenters. The van der Waals surface area contributed by atoms with Gasteiger partial charge in [0.05, 0.1) is 12.7 Å². The second-order valence-corrected chi connectivity index (χ2v) is 10.1. The van der Waals surface area contributed by atoms with Crippen LogP contribution in [0.4, 0.5) is 0 Å². The number of aliphatic hydroxyl groups excluding tert-OH is 2. The van der Waals surface area contributed by atoms with Crippen LogP contribution in [0.5, 0.6) is 0 Å². The van der Waals surface area contributed by atoms with Gasteiger partial charge in [0, 0.05) is 0 Å². The van der Waals surface area contributed by atoms with E-state index in [-0.39, 0.29) is 12.0 Å². The maximum absolute atomic E-state index is 10.3. The molecule has 22 heavy (non-hydrogen) atoms. The second-order valence-electron chi connectivity index (χ2n) is 10.1. The molecule has 126 valence electrons. The van der Waals surface area contributed by atoms with E-state index in [4.69, 9.17) is 0 Å². The second kappa shape index (κ2) is 4.51. The van der Waals surface area contributed by atoms with Crippen molar-refractivity contribution in [3.05, 3.63) is 0 Å². The first-order valence-electron chi connectivity index (χ1n) is 9.59. The lowest BCUT2D eigenvalue weighted by atomic mass is 9.45. The SMILES string of the molecule is C[C@]1([C@H](O)CO)CC[C@@]2(C)[C@@H](CC[C@@]34C[C@]3(C)CCC[C@H]24)C1. The van der Waals surface area contributed by atoms with Crippen LogP contribution in [-0.4, -0.2) is 22.9 Å². The minimum Gasteiger partial charge on any atom is -0.394 e. The zero-order valence-electron chi connectivity index (χ0n) is 14.7. The maximum Gasteiger partial charge on any atom is 0.0824 e. The molecule has 4 aliphatic carbocycles. The van der Waals surface area contributed by atoms with E-state index in [0.717, 1.165) is 24.7 Å². The molecule has 4 saturated carbocycles. The highest BCUT2D eigenvalue weighted by Crippen LogP contribution is 2.81. The lowest BCUT2D eigenvalue weighted by Crippen LogP contribution is -2.54. The van der Waals surface area contributed by atoms with Crippen LogP contribution in [0.25, 0.3) is 0 Å². The van der Waals surface area contributed by atoms with Crippen LogP contribution < -0.4 is 0 Å². The Kier molecular flexibility index (Phi) is 3.16. The molecule has 0 aromatic heterocycles. The summed E-state index contributed by atoms with van der Waals surface area (Å²) in [5.74, 6) is 1.68. The minimum absolute atomic E-state index is 0.0645. The van der Waals surface area contributed by atoms with Crippen molar-refractivity contribution in [3.63, 3.8) is 0 Å². The molecule has 0 saturated heterocycles. The van der Waals surface area contributed by atoms with Crippen molar-refractivity contribution in [3.8, 4) is 0 Å². The largest absolute Gasteiger partial charge is 0.394 e. The molecular weight excluding hydrogens is 272 g/mol. The van der Waals surface area contributed by atoms with E-state index in [0.29, 0.717) is 16.2 Å². The van der Waals surface area contributed by atoms with Gasteiger partial charge < -0.3 is 10.2 Å². The molecule has 0 aromatic rings. The maximum atomic E-state index is 10.3. The van der Waals surface area contributed by atoms with Gasteiger partial charge in [-0.25, -0.2) is 0 Å². The first kappa shape index (κ1) is 15.4. The van der Waals surface area contributed by atoms with Crippen molar-refractivity contribution in [1.82, 2.24) is 0 Å². The van der Waals surface area contributed by atoms with Gasteiger partial charge in [0.15, 0.2) is 0 Å². The third-order valence-electron chi connectivity index (χ3n) is 9.26. The van der Waals surface area contributed by atoms with E-state index in [2.05, 4.69) is 20.8 Å². The van der Waals surface area contributed by atoms with Crippen LogP contribution in [0.15, 0.2) is 0 Å². The van der Waals surface area contributed by atoms with E-state index < -0.39 is 6.10 Å². The number of hydrogen-bond acceptors (Lipinski definition) is 2. The lowest BCUT2D eigenvalue weighted by molar-refractivity contribution is -0.133. The van der Waals surface area contributed by atoms with Gasteiger partial charge in [-0.05, 0) is 84.9 Å². The zero-order valence-corrected chi connectivity index (χ0v) is 14.7. The molecule has 2 N–H and O–H groups in total. The summed E-state index contributed by atoms with van der Waals surface area (Å²) in [7, 11) is 0. The first-order valence-corrected chi connectivity index (χ1v) is 9.59. The molecule has 4 aliphatic rings. The first-order chi connectivity index (χ1) is 10.3. The van der Waals surface area contributed by atoms with Crippen molar-refractivity contribution in [2.45, 2.75) is 84.7 Å². The van der Waals surface area contributed by atoms with Crippen LogP contribution in [0.2, 0.25) is 0 Å². The van der Waals surface area contributed by atoms with Gasteiger partial charge in [-0.3, -0.25) is 0 Å². The molecule has 0 aromatic carbocycles. The van der Waals surface area contributed by atoms with Crippen molar-refractivity contribution < 1.29 is 10.2 Å². The fourth-order valence-electron chi connectivity index (χ4n) is 7.53. The average molecular weight is 306 g/mol. The molecule has 0 aliphatic heterocycles. The third kappa shape index (κ3) is 1.75. The Hall–Kier alpha value is -0.0800. The van der Waals surface area contributed by atoms with E-state index >= 15 is 0 Å². The highest BCUT2D eigenvalue weighted by Gasteiger charge is 2.73. The Bertz CT molecular complexity index is 476. The van der Waals surface area contributed by atoms with Gasteiger partial charge in [0.2, 0.25) is 0 Å². The predicted octanol–water partition coefficient (Wildman–Crippen LogP) is 4.14. The van der Waals surface area contributed by atoms with Gasteiger partial charge in [0.25, 0.3) is 0 Å². The summed E-state index contributed by atoms with van der Waals surface area (Å²) in [4.78, 5) is 0. The molecule has 0 heterocycles. The summed E-state index contributed by atoms with van der Waals surface area (Å²) < 4.78 is 0. The summed E-state index contributed by atoms with van der Waals surface area (Å²) in [6, 6.07) is 0. The normalized spacial score (nSPS) is 58.2. The van der Waals surface area contributed by atoms with E-state index in [1.807, 2.05) is 0 Å². The number of rotatable bonds is 2. The van der Waals surface area contributed by atoms with Crippen molar-refractivity contribution in [2.24, 2.45) is 33.5 Å². The molecule has 0 unspecified atom stereocenters. The smallest absolute Gasteiger partial charge is 0.0824 e. The van der Waals surface area contributed by atoms with Crippen molar-refractivity contribution in [1.29, 1.82) is 0 Å². The quantitative estimate of drug-likeness (QED) is 0.805. The molecule has 4 fully saturated rings. The van der Waals surface area contributed by atoms with Gasteiger partial charge in [0.1, 0.15) is 0 Å². The molecule has 2 heteroatoms. The summed E-state index contributed by atoms with van der Waals surface area (Å²) in [6.45, 7) is 7.27. The number of hydrogen-bond donors (Lipinski definition) is 2. The molecule has 1 spiro atoms. The molecule has 0 radical (unpaired) electrons. The summed E-state index contributed by atoms with van der Waals surface area (Å²) in [5, 5.41) is 19.7. The topological polar surface area (TPSA) is 40.5 Å². The molecule has 2 nitrogen and oxygen atoms in total. The monoisotopic (exact) mass is 306 g/mol. The van der Waals surface area contributed by atoms with Crippen molar-refractivity contribution in [2.75, 3.05) is 6.61 Å². The Labute approximate surface area is 135 Å². The predicted molar refractivity (Wildman–Crippen MR) is 88.4 cm³/mol. The third-order valence-corrected chi connectivity index (χ3v) is 9.26. The molecule has 4 rings (SSSR count). The van der Waals surface area contributed by atoms with E-state index in [9.17, 15) is 10.2 Å². The average Bonchev–Trinajstić information content (AvgIpc) is 3.12. The van der Waals surface area contributed by atoms with Crippen LogP contribution in [0.1, 0.15) is 78.6 Å². The molecule has 0 bridgehead atoms. The van der Waals surface area contributed by atoms with Gasteiger partial charge in [-0.1, -0.05) is 27.2 Å².